The van der Waals surface area contributed by atoms with Gasteiger partial charge in [0.05, 0.1) is 6.16 Å². The van der Waals surface area contributed by atoms with E-state index in [0.717, 1.165) is 0 Å². The van der Waals surface area contributed by atoms with Crippen LogP contribution in [0.15, 0.2) is 30.3 Å². The van der Waals surface area contributed by atoms with Crippen LogP contribution >= 0.6 is 7.44 Å². The summed E-state index contributed by atoms with van der Waals surface area (Å²) in [7, 11) is 1.72. The molecule has 1 saturated heterocycles. The summed E-state index contributed by atoms with van der Waals surface area (Å²) < 4.78 is 17.9. The topological polar surface area (TPSA) is 23.6 Å². The largest absolute Gasteiger partial charge is 0.288 e. The molecule has 0 amide bonds. The molecule has 1 saturated carbocycles. The van der Waals surface area contributed by atoms with Crippen LogP contribution in [0.1, 0.15) is 31.2 Å². The van der Waals surface area contributed by atoms with Gasteiger partial charge in [-0.3, -0.25) is 4.57 Å². The summed E-state index contributed by atoms with van der Waals surface area (Å²) in [6.07, 6.45) is 5.64. The first-order chi connectivity index (χ1) is 9.13. The molecule has 0 spiro atoms. The number of hydrogen-bond donors (Lipinski definition) is 0. The van der Waals surface area contributed by atoms with E-state index in [1.165, 1.54) is 31.2 Å². The average Bonchev–Trinajstić information content (AvgIpc) is 2.63. The molecule has 2 aliphatic rings. The van der Waals surface area contributed by atoms with Gasteiger partial charge in [-0.15, -0.1) is 0 Å². The van der Waals surface area contributed by atoms with Crippen LogP contribution in [-0.4, -0.2) is 35.5 Å². The fourth-order valence-corrected chi connectivity index (χ4v) is 6.74. The minimum atomic E-state index is -2.41. The molecule has 1 aliphatic heterocycles. The number of fused-ring (bicyclic) bond motifs is 1. The second-order valence-corrected chi connectivity index (χ2v) is 8.78. The van der Waals surface area contributed by atoms with E-state index < -0.39 is 7.44 Å². The van der Waals surface area contributed by atoms with Crippen LogP contribution in [0.4, 0.5) is 0 Å². The third-order valence-electron chi connectivity index (χ3n) is 4.87. The van der Waals surface area contributed by atoms with Gasteiger partial charge in [0.1, 0.15) is 0 Å². The molecule has 2 atom stereocenters. The van der Waals surface area contributed by atoms with Crippen LogP contribution in [-0.2, 0) is 10.7 Å². The van der Waals surface area contributed by atoms with Gasteiger partial charge < -0.3 is 0 Å². The Bertz CT molecular complexity index is 468. The van der Waals surface area contributed by atoms with E-state index in [0.29, 0.717) is 18.2 Å². The lowest BCUT2D eigenvalue weighted by molar-refractivity contribution is 0.233. The van der Waals surface area contributed by atoms with Crippen molar-refractivity contribution < 1.29 is 4.57 Å². The summed E-state index contributed by atoms with van der Waals surface area (Å²) in [6, 6.07) is 11.2. The highest BCUT2D eigenvalue weighted by molar-refractivity contribution is 7.58. The van der Waals surface area contributed by atoms with Gasteiger partial charge in [-0.1, -0.05) is 43.2 Å². The zero-order valence-electron chi connectivity index (χ0n) is 11.8. The molecule has 0 radical (unpaired) electrons. The van der Waals surface area contributed by atoms with Crippen LogP contribution in [0.3, 0.4) is 0 Å². The molecule has 0 unspecified atom stereocenters. The second kappa shape index (κ2) is 5.05. The first-order valence-electron chi connectivity index (χ1n) is 7.22. The van der Waals surface area contributed by atoms with Crippen LogP contribution in [0.25, 0.3) is 0 Å². The minimum Gasteiger partial charge on any atom is -0.288 e. The Morgan fingerprint density at radius 3 is 2.11 bits per heavy atom. The molecule has 104 valence electrons. The molecule has 1 heterocycles. The van der Waals surface area contributed by atoms with Crippen molar-refractivity contribution in [3.8, 4) is 0 Å². The summed E-state index contributed by atoms with van der Waals surface area (Å²) in [5.41, 5.74) is 1.18. The Balaban J connectivity index is 1.88. The highest BCUT2D eigenvalue weighted by Crippen LogP contribution is 2.63. The van der Waals surface area contributed by atoms with Crippen molar-refractivity contribution in [2.75, 3.05) is 14.1 Å². The number of nitrogens with zero attached hydrogens (tertiary/aromatic N) is 2. The minimum absolute atomic E-state index is 0.494. The summed E-state index contributed by atoms with van der Waals surface area (Å²) >= 11 is 0. The van der Waals surface area contributed by atoms with Crippen molar-refractivity contribution in [2.24, 2.45) is 0 Å². The monoisotopic (exact) mass is 278 g/mol. The van der Waals surface area contributed by atoms with Gasteiger partial charge in [-0.2, -0.15) is 0 Å². The van der Waals surface area contributed by atoms with Crippen molar-refractivity contribution in [2.45, 2.75) is 43.9 Å². The lowest BCUT2D eigenvalue weighted by Gasteiger charge is -2.28. The lowest BCUT2D eigenvalue weighted by Crippen LogP contribution is -2.37. The summed E-state index contributed by atoms with van der Waals surface area (Å²) in [5, 5.41) is 0. The normalized spacial score (nSPS) is 31.3. The maximum atomic E-state index is 13.5. The molecule has 4 heteroatoms. The van der Waals surface area contributed by atoms with Gasteiger partial charge in [0.15, 0.2) is 0 Å². The molecule has 1 aromatic carbocycles. The number of benzene rings is 1. The molecule has 2 fully saturated rings. The van der Waals surface area contributed by atoms with E-state index in [1.807, 2.05) is 18.2 Å². The number of likely N-dealkylation sites (N-methyl/N-ethyl adjacent to an activating group) is 2. The molecule has 0 bridgehead atoms. The smallest absolute Gasteiger partial charge is 0.220 e. The Kier molecular flexibility index (Phi) is 3.55. The van der Waals surface area contributed by atoms with Crippen LogP contribution < -0.4 is 0 Å². The van der Waals surface area contributed by atoms with Crippen molar-refractivity contribution in [3.05, 3.63) is 35.9 Å². The molecule has 3 rings (SSSR count). The Morgan fingerprint density at radius 1 is 1.05 bits per heavy atom. The van der Waals surface area contributed by atoms with Gasteiger partial charge in [0.2, 0.25) is 7.44 Å². The van der Waals surface area contributed by atoms with E-state index in [1.54, 1.807) is 0 Å². The van der Waals surface area contributed by atoms with Crippen LogP contribution in [0.2, 0.25) is 0 Å². The predicted molar refractivity (Wildman–Crippen MR) is 79.3 cm³/mol. The van der Waals surface area contributed by atoms with Gasteiger partial charge in [0, 0.05) is 12.1 Å². The van der Waals surface area contributed by atoms with E-state index in [4.69, 9.17) is 0 Å². The first kappa shape index (κ1) is 13.4. The first-order valence-corrected chi connectivity index (χ1v) is 9.02. The van der Waals surface area contributed by atoms with Gasteiger partial charge in [-0.25, -0.2) is 9.34 Å². The van der Waals surface area contributed by atoms with Crippen molar-refractivity contribution in [3.63, 3.8) is 0 Å². The van der Waals surface area contributed by atoms with E-state index >= 15 is 0 Å². The van der Waals surface area contributed by atoms with Crippen molar-refractivity contribution >= 4 is 7.44 Å². The maximum Gasteiger partial charge on any atom is 0.220 e. The molecule has 19 heavy (non-hydrogen) atoms. The van der Waals surface area contributed by atoms with Crippen LogP contribution in [0.5, 0.6) is 0 Å². The summed E-state index contributed by atoms with van der Waals surface area (Å²) in [6.45, 7) is 0. The van der Waals surface area contributed by atoms with E-state index in [-0.39, 0.29) is 0 Å². The molecule has 0 aromatic heterocycles. The second-order valence-electron chi connectivity index (χ2n) is 5.87. The average molecular weight is 278 g/mol. The lowest BCUT2D eigenvalue weighted by atomic mass is 9.91. The predicted octanol–water partition coefficient (Wildman–Crippen LogP) is 3.57. The third kappa shape index (κ3) is 2.18. The molecule has 3 nitrogen and oxygen atoms in total. The van der Waals surface area contributed by atoms with E-state index in [9.17, 15) is 4.57 Å². The van der Waals surface area contributed by atoms with Crippen molar-refractivity contribution in [1.82, 2.24) is 9.34 Å². The highest BCUT2D eigenvalue weighted by Gasteiger charge is 2.51. The fraction of sp³-hybridized carbons (Fsp3) is 0.600. The van der Waals surface area contributed by atoms with Gasteiger partial charge in [-0.05, 0) is 32.5 Å². The number of rotatable bonds is 2. The third-order valence-corrected chi connectivity index (χ3v) is 8.21. The quantitative estimate of drug-likeness (QED) is 0.773. The zero-order chi connectivity index (χ0) is 13.5. The highest BCUT2D eigenvalue weighted by atomic mass is 31.2. The molecule has 1 aromatic rings. The molecular formula is C15H23N2OP. The summed E-state index contributed by atoms with van der Waals surface area (Å²) in [4.78, 5) is 0. The summed E-state index contributed by atoms with van der Waals surface area (Å²) in [5.74, 6) is 0. The number of hydrogen-bond acceptors (Lipinski definition) is 1. The molecular weight excluding hydrogens is 255 g/mol. The Hall–Kier alpha value is -0.630. The molecule has 0 N–H and O–H groups in total. The zero-order valence-corrected chi connectivity index (χ0v) is 12.7. The standard InChI is InChI=1S/C15H23N2OP/c1-16-14-10-6-7-11-15(14)17(2)19(16,18)12-13-8-4-3-5-9-13/h3-5,8-9,14-15H,6-7,10-12H2,1-2H3/t14-,15-/m0/s1. The van der Waals surface area contributed by atoms with E-state index in [2.05, 4.69) is 35.6 Å². The van der Waals surface area contributed by atoms with Gasteiger partial charge in [0.25, 0.3) is 0 Å². The Labute approximate surface area is 116 Å². The fourth-order valence-electron chi connectivity index (χ4n) is 3.69. The van der Waals surface area contributed by atoms with Crippen molar-refractivity contribution in [1.29, 1.82) is 0 Å². The molecule has 1 aliphatic carbocycles. The van der Waals surface area contributed by atoms with Gasteiger partial charge >= 0.3 is 0 Å². The van der Waals surface area contributed by atoms with Crippen LogP contribution in [0, 0.1) is 0 Å². The Morgan fingerprint density at radius 2 is 1.58 bits per heavy atom. The SMILES string of the molecule is CN1[C@H]2CCCC[C@@H]2N(C)P1(=O)Cc1ccccc1. The maximum absolute atomic E-state index is 13.5.